The SMILES string of the molecule is COc1ccc2cc(CN(C)C(C)C(=O)Nc3cc(C)ccc3C)ccc2c1. The molecule has 0 bridgehead atoms. The molecule has 1 atom stereocenters. The monoisotopic (exact) mass is 376 g/mol. The minimum atomic E-state index is -0.244. The molecule has 1 amide bonds. The minimum absolute atomic E-state index is 0.00160. The number of hydrogen-bond acceptors (Lipinski definition) is 3. The van der Waals surface area contributed by atoms with Crippen molar-refractivity contribution in [2.24, 2.45) is 0 Å². The van der Waals surface area contributed by atoms with E-state index in [-0.39, 0.29) is 11.9 Å². The number of amides is 1. The number of carbonyl (C=O) groups is 1. The number of aryl methyl sites for hydroxylation is 2. The molecule has 0 spiro atoms. The van der Waals surface area contributed by atoms with Gasteiger partial charge in [0, 0.05) is 12.2 Å². The summed E-state index contributed by atoms with van der Waals surface area (Å²) in [4.78, 5) is 14.8. The molecule has 28 heavy (non-hydrogen) atoms. The van der Waals surface area contributed by atoms with Gasteiger partial charge in [-0.1, -0.05) is 30.3 Å². The highest BCUT2D eigenvalue weighted by Crippen LogP contribution is 2.23. The molecular weight excluding hydrogens is 348 g/mol. The number of nitrogens with zero attached hydrogens (tertiary/aromatic N) is 1. The fourth-order valence-electron chi connectivity index (χ4n) is 3.23. The van der Waals surface area contributed by atoms with Crippen LogP contribution in [0.15, 0.2) is 54.6 Å². The van der Waals surface area contributed by atoms with E-state index in [0.717, 1.165) is 28.0 Å². The Bertz CT molecular complexity index is 997. The summed E-state index contributed by atoms with van der Waals surface area (Å²) in [5, 5.41) is 5.38. The summed E-state index contributed by atoms with van der Waals surface area (Å²) in [7, 11) is 3.65. The molecule has 4 heteroatoms. The molecule has 3 rings (SSSR count). The van der Waals surface area contributed by atoms with Gasteiger partial charge in [-0.2, -0.15) is 0 Å². The van der Waals surface area contributed by atoms with Crippen LogP contribution in [0.5, 0.6) is 5.75 Å². The minimum Gasteiger partial charge on any atom is -0.497 e. The molecule has 0 aliphatic heterocycles. The zero-order valence-electron chi connectivity index (χ0n) is 17.2. The first-order valence-electron chi connectivity index (χ1n) is 9.52. The number of likely N-dealkylation sites (N-methyl/N-ethyl adjacent to an activating group) is 1. The number of anilines is 1. The lowest BCUT2D eigenvalue weighted by atomic mass is 10.1. The van der Waals surface area contributed by atoms with E-state index in [2.05, 4.69) is 40.5 Å². The second-order valence-electron chi connectivity index (χ2n) is 7.45. The van der Waals surface area contributed by atoms with Gasteiger partial charge in [-0.25, -0.2) is 0 Å². The number of nitrogens with one attached hydrogen (secondary N) is 1. The van der Waals surface area contributed by atoms with E-state index >= 15 is 0 Å². The lowest BCUT2D eigenvalue weighted by Gasteiger charge is -2.24. The van der Waals surface area contributed by atoms with E-state index in [1.165, 1.54) is 10.9 Å². The van der Waals surface area contributed by atoms with Crippen LogP contribution in [0.4, 0.5) is 5.69 Å². The summed E-state index contributed by atoms with van der Waals surface area (Å²) >= 11 is 0. The van der Waals surface area contributed by atoms with Gasteiger partial charge in [0.1, 0.15) is 5.75 Å². The van der Waals surface area contributed by atoms with Gasteiger partial charge in [0.25, 0.3) is 0 Å². The average Bonchev–Trinajstić information content (AvgIpc) is 2.69. The molecule has 3 aromatic carbocycles. The Labute approximate surface area is 167 Å². The van der Waals surface area contributed by atoms with Crippen molar-refractivity contribution in [1.82, 2.24) is 4.90 Å². The first kappa shape index (κ1) is 19.9. The molecule has 0 aliphatic carbocycles. The average molecular weight is 377 g/mol. The highest BCUT2D eigenvalue weighted by Gasteiger charge is 2.19. The second-order valence-corrected chi connectivity index (χ2v) is 7.45. The number of hydrogen-bond donors (Lipinski definition) is 1. The first-order valence-corrected chi connectivity index (χ1v) is 9.52. The number of benzene rings is 3. The molecule has 0 fully saturated rings. The van der Waals surface area contributed by atoms with Crippen molar-refractivity contribution in [3.05, 3.63) is 71.3 Å². The Morgan fingerprint density at radius 1 is 1.04 bits per heavy atom. The van der Waals surface area contributed by atoms with Gasteiger partial charge in [0.15, 0.2) is 0 Å². The highest BCUT2D eigenvalue weighted by molar-refractivity contribution is 5.95. The molecule has 0 radical (unpaired) electrons. The molecule has 0 saturated heterocycles. The van der Waals surface area contributed by atoms with Gasteiger partial charge in [-0.05, 0) is 79.5 Å². The van der Waals surface area contributed by atoms with Crippen LogP contribution in [0.3, 0.4) is 0 Å². The van der Waals surface area contributed by atoms with Crippen molar-refractivity contribution < 1.29 is 9.53 Å². The lowest BCUT2D eigenvalue weighted by molar-refractivity contribution is -0.120. The molecule has 4 nitrogen and oxygen atoms in total. The van der Waals surface area contributed by atoms with Gasteiger partial charge in [0.2, 0.25) is 5.91 Å². The maximum atomic E-state index is 12.7. The third-order valence-electron chi connectivity index (χ3n) is 5.24. The molecule has 1 N–H and O–H groups in total. The van der Waals surface area contributed by atoms with E-state index in [0.29, 0.717) is 6.54 Å². The summed E-state index contributed by atoms with van der Waals surface area (Å²) < 4.78 is 5.29. The van der Waals surface area contributed by atoms with Crippen molar-refractivity contribution >= 4 is 22.4 Å². The van der Waals surface area contributed by atoms with Crippen molar-refractivity contribution in [2.45, 2.75) is 33.4 Å². The van der Waals surface area contributed by atoms with Crippen LogP contribution in [0.25, 0.3) is 10.8 Å². The summed E-state index contributed by atoms with van der Waals surface area (Å²) in [6, 6.07) is 18.3. The zero-order chi connectivity index (χ0) is 20.3. The van der Waals surface area contributed by atoms with E-state index in [1.807, 2.05) is 52.1 Å². The van der Waals surface area contributed by atoms with Crippen molar-refractivity contribution in [2.75, 3.05) is 19.5 Å². The summed E-state index contributed by atoms with van der Waals surface area (Å²) in [5.74, 6) is 0.857. The van der Waals surface area contributed by atoms with Crippen LogP contribution in [0.1, 0.15) is 23.6 Å². The Morgan fingerprint density at radius 3 is 2.50 bits per heavy atom. The number of carbonyl (C=O) groups excluding carboxylic acids is 1. The van der Waals surface area contributed by atoms with Crippen molar-refractivity contribution in [1.29, 1.82) is 0 Å². The molecule has 0 saturated carbocycles. The molecule has 0 aliphatic rings. The van der Waals surface area contributed by atoms with Crippen LogP contribution in [0, 0.1) is 13.8 Å². The normalized spacial score (nSPS) is 12.2. The fourth-order valence-corrected chi connectivity index (χ4v) is 3.23. The summed E-state index contributed by atoms with van der Waals surface area (Å²) in [6.45, 7) is 6.67. The first-order chi connectivity index (χ1) is 13.4. The topological polar surface area (TPSA) is 41.6 Å². The Balaban J connectivity index is 1.69. The molecule has 0 heterocycles. The number of methoxy groups -OCH3 is 1. The highest BCUT2D eigenvalue weighted by atomic mass is 16.5. The van der Waals surface area contributed by atoms with Gasteiger partial charge < -0.3 is 10.1 Å². The third-order valence-corrected chi connectivity index (χ3v) is 5.24. The van der Waals surface area contributed by atoms with Crippen LogP contribution in [0.2, 0.25) is 0 Å². The predicted molar refractivity (Wildman–Crippen MR) is 116 cm³/mol. The quantitative estimate of drug-likeness (QED) is 0.664. The Kier molecular flexibility index (Phi) is 6.00. The maximum Gasteiger partial charge on any atom is 0.241 e. The van der Waals surface area contributed by atoms with Crippen molar-refractivity contribution in [3.8, 4) is 5.75 Å². The standard InChI is InChI=1S/C24H28N2O2/c1-16-6-7-17(2)23(12-16)25-24(27)18(3)26(4)15-19-8-9-21-14-22(28-5)11-10-20(21)13-19/h6-14,18H,15H2,1-5H3,(H,25,27). The summed E-state index contributed by atoms with van der Waals surface area (Å²) in [6.07, 6.45) is 0. The smallest absolute Gasteiger partial charge is 0.241 e. The molecule has 146 valence electrons. The predicted octanol–water partition coefficient (Wildman–Crippen LogP) is 4.92. The molecule has 1 unspecified atom stereocenters. The Morgan fingerprint density at radius 2 is 1.75 bits per heavy atom. The van der Waals surface area contributed by atoms with Gasteiger partial charge in [-0.15, -0.1) is 0 Å². The van der Waals surface area contributed by atoms with E-state index in [1.54, 1.807) is 7.11 Å². The number of rotatable bonds is 6. The van der Waals surface area contributed by atoms with E-state index < -0.39 is 0 Å². The largest absolute Gasteiger partial charge is 0.497 e. The summed E-state index contributed by atoms with van der Waals surface area (Å²) in [5.41, 5.74) is 4.25. The van der Waals surface area contributed by atoms with Crippen LogP contribution in [-0.4, -0.2) is 31.0 Å². The van der Waals surface area contributed by atoms with Crippen LogP contribution >= 0.6 is 0 Å². The van der Waals surface area contributed by atoms with Gasteiger partial charge >= 0.3 is 0 Å². The Hall–Kier alpha value is -2.85. The fraction of sp³-hybridized carbons (Fsp3) is 0.292. The maximum absolute atomic E-state index is 12.7. The second kappa shape index (κ2) is 8.44. The van der Waals surface area contributed by atoms with Crippen LogP contribution in [-0.2, 0) is 11.3 Å². The van der Waals surface area contributed by atoms with Gasteiger partial charge in [0.05, 0.1) is 13.2 Å². The number of ether oxygens (including phenoxy) is 1. The van der Waals surface area contributed by atoms with E-state index in [9.17, 15) is 4.79 Å². The third kappa shape index (κ3) is 4.52. The molecule has 3 aromatic rings. The molecule has 0 aromatic heterocycles. The van der Waals surface area contributed by atoms with Crippen LogP contribution < -0.4 is 10.1 Å². The van der Waals surface area contributed by atoms with Crippen molar-refractivity contribution in [3.63, 3.8) is 0 Å². The zero-order valence-corrected chi connectivity index (χ0v) is 17.2. The molecular formula is C24H28N2O2. The number of fused-ring (bicyclic) bond motifs is 1. The van der Waals surface area contributed by atoms with E-state index in [4.69, 9.17) is 4.74 Å². The van der Waals surface area contributed by atoms with Gasteiger partial charge in [-0.3, -0.25) is 9.69 Å². The lowest BCUT2D eigenvalue weighted by Crippen LogP contribution is -2.39.